The van der Waals surface area contributed by atoms with Crippen LogP contribution in [-0.4, -0.2) is 0 Å². The molecule has 0 saturated heterocycles. The van der Waals surface area contributed by atoms with E-state index in [-0.39, 0.29) is 0 Å². The van der Waals surface area contributed by atoms with Gasteiger partial charge in [0.2, 0.25) is 0 Å². The van der Waals surface area contributed by atoms with E-state index in [9.17, 15) is 0 Å². The monoisotopic (exact) mass is 924 g/mol. The average molecular weight is 925 g/mol. The Kier molecular flexibility index (Phi) is 9.61. The first kappa shape index (κ1) is 41.1. The maximum absolute atomic E-state index is 7.08. The number of benzene rings is 11. The van der Waals surface area contributed by atoms with Crippen molar-refractivity contribution in [3.63, 3.8) is 0 Å². The lowest BCUT2D eigenvalue weighted by Gasteiger charge is -2.40. The fourth-order valence-corrected chi connectivity index (χ4v) is 12.7. The zero-order chi connectivity index (χ0) is 46.9. The molecule has 1 aliphatic carbocycles. The molecule has 4 heteroatoms. The van der Waals surface area contributed by atoms with Gasteiger partial charge in [-0.25, -0.2) is 0 Å². The molecule has 14 rings (SSSR count). The zero-order valence-electron chi connectivity index (χ0n) is 38.6. The van der Waals surface area contributed by atoms with Crippen molar-refractivity contribution in [1.29, 1.82) is 0 Å². The highest BCUT2D eigenvalue weighted by atomic mass is 32.1. The molecule has 2 aliphatic rings. The van der Waals surface area contributed by atoms with Crippen LogP contribution in [0.1, 0.15) is 22.3 Å². The number of ether oxygens (including phenoxy) is 1. The fourth-order valence-electron chi connectivity index (χ4n) is 11.4. The standard InChI is InChI=1S/C67H44N2OS/c1-4-18-45(19-5-1)47-32-36-50(37-33-47)68(51-38-34-48(35-39-51)46-20-6-2-7-21-46)60-42-43-61(66-65(60)55-26-12-17-31-64(55)71-66)69(49-22-8-3-9-23-49)52-40-41-59-63(44-52)70-62-30-16-15-29-58(62)67(59)56-27-13-10-24-53(56)54-25-11-14-28-57(54)67/h1-44H. The van der Waals surface area contributed by atoms with E-state index in [1.54, 1.807) is 0 Å². The zero-order valence-corrected chi connectivity index (χ0v) is 39.4. The largest absolute Gasteiger partial charge is 0.457 e. The Morgan fingerprint density at radius 2 is 0.775 bits per heavy atom. The third-order valence-electron chi connectivity index (χ3n) is 14.5. The number of anilines is 6. The van der Waals surface area contributed by atoms with Crippen LogP contribution in [-0.2, 0) is 5.41 Å². The van der Waals surface area contributed by atoms with Crippen LogP contribution in [0.15, 0.2) is 267 Å². The summed E-state index contributed by atoms with van der Waals surface area (Å²) < 4.78 is 9.51. The third kappa shape index (κ3) is 6.49. The number of fused-ring (bicyclic) bond motifs is 12. The molecule has 0 unspecified atom stereocenters. The van der Waals surface area contributed by atoms with E-state index in [1.165, 1.54) is 64.7 Å². The van der Waals surface area contributed by atoms with Crippen molar-refractivity contribution in [3.05, 3.63) is 289 Å². The lowest BCUT2D eigenvalue weighted by atomic mass is 9.66. The number of thiophene rings is 1. The van der Waals surface area contributed by atoms with E-state index in [2.05, 4.69) is 277 Å². The van der Waals surface area contributed by atoms with Gasteiger partial charge in [0.05, 0.1) is 21.5 Å². The fraction of sp³-hybridized carbons (Fsp3) is 0.0149. The lowest BCUT2D eigenvalue weighted by Crippen LogP contribution is -2.32. The Morgan fingerprint density at radius 1 is 0.324 bits per heavy atom. The first-order chi connectivity index (χ1) is 35.2. The van der Waals surface area contributed by atoms with E-state index >= 15 is 0 Å². The first-order valence-corrected chi connectivity index (χ1v) is 25.1. The first-order valence-electron chi connectivity index (χ1n) is 24.2. The molecule has 12 aromatic rings. The highest BCUT2D eigenvalue weighted by molar-refractivity contribution is 7.26. The van der Waals surface area contributed by atoms with Crippen LogP contribution < -0.4 is 14.5 Å². The number of rotatable bonds is 8. The van der Waals surface area contributed by atoms with Crippen molar-refractivity contribution in [2.75, 3.05) is 9.80 Å². The molecule has 0 bridgehead atoms. The summed E-state index contributed by atoms with van der Waals surface area (Å²) >= 11 is 1.85. The molecular weight excluding hydrogens is 881 g/mol. The van der Waals surface area contributed by atoms with Gasteiger partial charge >= 0.3 is 0 Å². The van der Waals surface area contributed by atoms with Crippen molar-refractivity contribution in [2.24, 2.45) is 0 Å². The molecule has 334 valence electrons. The quantitative estimate of drug-likeness (QED) is 0.151. The Morgan fingerprint density at radius 3 is 1.41 bits per heavy atom. The molecule has 1 spiro atoms. The second-order valence-electron chi connectivity index (χ2n) is 18.4. The Balaban J connectivity index is 0.975. The second-order valence-corrected chi connectivity index (χ2v) is 19.4. The van der Waals surface area contributed by atoms with E-state index < -0.39 is 5.41 Å². The smallest absolute Gasteiger partial charge is 0.134 e. The van der Waals surface area contributed by atoms with Crippen LogP contribution in [0.5, 0.6) is 11.5 Å². The summed E-state index contributed by atoms with van der Waals surface area (Å²) in [5.74, 6) is 1.72. The Bertz CT molecular complexity index is 3830. The van der Waals surface area contributed by atoms with Crippen molar-refractivity contribution in [1.82, 2.24) is 0 Å². The van der Waals surface area contributed by atoms with Crippen LogP contribution >= 0.6 is 11.3 Å². The number of hydrogen-bond acceptors (Lipinski definition) is 4. The molecule has 0 saturated carbocycles. The van der Waals surface area contributed by atoms with Gasteiger partial charge in [-0.15, -0.1) is 11.3 Å². The maximum atomic E-state index is 7.08. The van der Waals surface area contributed by atoms with E-state index in [0.29, 0.717) is 0 Å². The molecule has 0 atom stereocenters. The summed E-state index contributed by atoms with van der Waals surface area (Å²) in [4.78, 5) is 4.85. The van der Waals surface area contributed by atoms with Crippen LogP contribution in [0.25, 0.3) is 53.6 Å². The Hall–Kier alpha value is -8.96. The van der Waals surface area contributed by atoms with Gasteiger partial charge in [0, 0.05) is 55.4 Å². The van der Waals surface area contributed by atoms with Crippen molar-refractivity contribution < 1.29 is 4.74 Å². The molecule has 0 radical (unpaired) electrons. The van der Waals surface area contributed by atoms with Crippen molar-refractivity contribution in [3.8, 4) is 44.9 Å². The molecule has 0 amide bonds. The van der Waals surface area contributed by atoms with Gasteiger partial charge in [-0.1, -0.05) is 194 Å². The molecule has 71 heavy (non-hydrogen) atoms. The minimum absolute atomic E-state index is 0.546. The van der Waals surface area contributed by atoms with E-state index in [4.69, 9.17) is 4.74 Å². The summed E-state index contributed by atoms with van der Waals surface area (Å²) in [5, 5.41) is 2.42. The topological polar surface area (TPSA) is 15.7 Å². The minimum Gasteiger partial charge on any atom is -0.457 e. The molecule has 1 aliphatic heterocycles. The number of nitrogens with zero attached hydrogens (tertiary/aromatic N) is 2. The van der Waals surface area contributed by atoms with E-state index in [1.807, 2.05) is 11.3 Å². The highest BCUT2D eigenvalue weighted by Gasteiger charge is 2.51. The predicted molar refractivity (Wildman–Crippen MR) is 297 cm³/mol. The lowest BCUT2D eigenvalue weighted by molar-refractivity contribution is 0.436. The molecule has 1 aromatic heterocycles. The van der Waals surface area contributed by atoms with Gasteiger partial charge in [-0.2, -0.15) is 0 Å². The summed E-state index contributed by atoms with van der Waals surface area (Å²) in [7, 11) is 0. The van der Waals surface area contributed by atoms with Gasteiger partial charge in [0.15, 0.2) is 0 Å². The molecule has 3 nitrogen and oxygen atoms in total. The van der Waals surface area contributed by atoms with Gasteiger partial charge in [-0.05, 0) is 111 Å². The maximum Gasteiger partial charge on any atom is 0.134 e. The Labute approximate surface area is 417 Å². The van der Waals surface area contributed by atoms with Gasteiger partial charge in [0.1, 0.15) is 11.5 Å². The van der Waals surface area contributed by atoms with Gasteiger partial charge in [-0.3, -0.25) is 0 Å². The average Bonchev–Trinajstić information content (AvgIpc) is 3.98. The predicted octanol–water partition coefficient (Wildman–Crippen LogP) is 18.8. The van der Waals surface area contributed by atoms with Gasteiger partial charge in [0.25, 0.3) is 0 Å². The summed E-state index contributed by atoms with van der Waals surface area (Å²) in [5.41, 5.74) is 18.0. The number of para-hydroxylation sites is 2. The number of hydrogen-bond donors (Lipinski definition) is 0. The van der Waals surface area contributed by atoms with E-state index in [0.717, 1.165) is 56.8 Å². The summed E-state index contributed by atoms with van der Waals surface area (Å²) in [6.45, 7) is 0. The molecule has 11 aromatic carbocycles. The van der Waals surface area contributed by atoms with Crippen LogP contribution in [0.4, 0.5) is 34.1 Å². The van der Waals surface area contributed by atoms with Crippen molar-refractivity contribution in [2.45, 2.75) is 5.41 Å². The summed E-state index contributed by atoms with van der Waals surface area (Å²) in [6, 6.07) is 96.9. The minimum atomic E-state index is -0.546. The third-order valence-corrected chi connectivity index (χ3v) is 15.7. The van der Waals surface area contributed by atoms with Crippen molar-refractivity contribution >= 4 is 65.6 Å². The normalized spacial score (nSPS) is 12.7. The SMILES string of the molecule is c1ccc(-c2ccc(N(c3ccc(-c4ccccc4)cc3)c3ccc(N(c4ccccc4)c4ccc5c(c4)Oc4ccccc4C54c5ccccc5-c5ccccc54)c4sc5ccccc5c34)cc2)cc1. The summed E-state index contributed by atoms with van der Waals surface area (Å²) in [6.07, 6.45) is 0. The molecule has 2 heterocycles. The second kappa shape index (κ2) is 16.6. The molecule has 0 N–H and O–H groups in total. The molecule has 0 fully saturated rings. The van der Waals surface area contributed by atoms with Crippen LogP contribution in [0.3, 0.4) is 0 Å². The van der Waals surface area contributed by atoms with Crippen LogP contribution in [0, 0.1) is 0 Å². The molecular formula is C67H44N2OS. The highest BCUT2D eigenvalue weighted by Crippen LogP contribution is 2.63. The van der Waals surface area contributed by atoms with Gasteiger partial charge < -0.3 is 14.5 Å². The van der Waals surface area contributed by atoms with Crippen LogP contribution in [0.2, 0.25) is 0 Å².